The summed E-state index contributed by atoms with van der Waals surface area (Å²) >= 11 is 0. The first-order valence-electron chi connectivity index (χ1n) is 13.4. The molecule has 0 spiro atoms. The van der Waals surface area contributed by atoms with Crippen LogP contribution >= 0.6 is 0 Å². The fourth-order valence-electron chi connectivity index (χ4n) is 4.95. The fraction of sp³-hybridized carbons (Fsp3) is 0.690. The number of hydrogen-bond acceptors (Lipinski definition) is 6. The quantitative estimate of drug-likeness (QED) is 0.271. The summed E-state index contributed by atoms with van der Waals surface area (Å²) in [7, 11) is 3.33. The lowest BCUT2D eigenvalue weighted by molar-refractivity contribution is -0.235. The zero-order chi connectivity index (χ0) is 26.1. The number of hydrogen-bond donors (Lipinski definition) is 0. The van der Waals surface area contributed by atoms with E-state index in [-0.39, 0.29) is 18.2 Å². The second-order valence-corrected chi connectivity index (χ2v) is 10.7. The van der Waals surface area contributed by atoms with E-state index in [1.165, 1.54) is 25.7 Å². The molecular weight excluding hydrogens is 458 g/mol. The second kappa shape index (κ2) is 13.6. The van der Waals surface area contributed by atoms with Gasteiger partial charge in [0.25, 0.3) is 0 Å². The minimum Gasteiger partial charge on any atom is -0.444 e. The molecule has 7 heteroatoms. The topological polar surface area (TPSA) is 66.5 Å². The molecule has 5 atom stereocenters. The number of benzene rings is 1. The van der Waals surface area contributed by atoms with Gasteiger partial charge in [0, 0.05) is 26.3 Å². The molecule has 7 nitrogen and oxygen atoms in total. The number of carbonyl (C=O) groups is 1. The molecule has 1 fully saturated rings. The molecule has 202 valence electrons. The van der Waals surface area contributed by atoms with Gasteiger partial charge in [-0.1, -0.05) is 75.4 Å². The number of unbranched alkanes of at least 4 members (excludes halogenated alkanes) is 5. The van der Waals surface area contributed by atoms with Gasteiger partial charge in [-0.15, -0.1) is 0 Å². The average Bonchev–Trinajstić information content (AvgIpc) is 2.86. The maximum Gasteiger partial charge on any atom is 0.410 e. The van der Waals surface area contributed by atoms with E-state index in [1.54, 1.807) is 19.1 Å². The zero-order valence-electron chi connectivity index (χ0n) is 22.9. The van der Waals surface area contributed by atoms with E-state index in [4.69, 9.17) is 23.7 Å². The van der Waals surface area contributed by atoms with Gasteiger partial charge < -0.3 is 23.7 Å². The van der Waals surface area contributed by atoms with E-state index in [1.807, 2.05) is 51.1 Å². The molecular formula is C29H45NO6. The van der Waals surface area contributed by atoms with Crippen molar-refractivity contribution < 1.29 is 28.5 Å². The summed E-state index contributed by atoms with van der Waals surface area (Å²) < 4.78 is 30.2. The van der Waals surface area contributed by atoms with E-state index in [0.717, 1.165) is 24.0 Å². The maximum atomic E-state index is 13.4. The molecule has 1 aliphatic carbocycles. The van der Waals surface area contributed by atoms with E-state index in [2.05, 4.69) is 13.0 Å². The van der Waals surface area contributed by atoms with Gasteiger partial charge in [0.1, 0.15) is 23.9 Å². The van der Waals surface area contributed by atoms with Gasteiger partial charge in [-0.05, 0) is 32.8 Å². The Morgan fingerprint density at radius 3 is 2.31 bits per heavy atom. The summed E-state index contributed by atoms with van der Waals surface area (Å²) in [5.41, 5.74) is 1.33. The summed E-state index contributed by atoms with van der Waals surface area (Å²) in [5, 5.41) is 0. The van der Waals surface area contributed by atoms with Crippen LogP contribution in [0.1, 0.15) is 78.1 Å². The third-order valence-electron chi connectivity index (χ3n) is 6.74. The number of amides is 1. The van der Waals surface area contributed by atoms with Gasteiger partial charge in [0.2, 0.25) is 0 Å². The van der Waals surface area contributed by atoms with Crippen molar-refractivity contribution in [1.82, 2.24) is 4.90 Å². The lowest BCUT2D eigenvalue weighted by Crippen LogP contribution is -2.60. The molecule has 0 saturated carbocycles. The van der Waals surface area contributed by atoms with Crippen molar-refractivity contribution in [3.63, 3.8) is 0 Å². The number of methoxy groups -OCH3 is 2. The standard InChI is InChI=1S/C29H45NO6/c1-7-8-9-10-11-15-18-30(28(31)36-29(2,3)4)23-19-22-20-34-27(21-16-13-12-14-17-21)35-24(22)26(33-6)25(23)32-5/h12-14,16-17,19,23-27H,7-11,15,18,20H2,1-6H3/t23-,24+,25?,26?,27?/m1/s1. The average molecular weight is 504 g/mol. The number of nitrogens with zero attached hydrogens (tertiary/aromatic N) is 1. The van der Waals surface area contributed by atoms with Crippen LogP contribution < -0.4 is 0 Å². The Morgan fingerprint density at radius 2 is 1.67 bits per heavy atom. The van der Waals surface area contributed by atoms with Crippen molar-refractivity contribution in [2.75, 3.05) is 27.4 Å². The minimum absolute atomic E-state index is 0.329. The molecule has 0 aromatic heterocycles. The van der Waals surface area contributed by atoms with Crippen molar-refractivity contribution in [2.45, 2.75) is 102 Å². The Balaban J connectivity index is 1.83. The molecule has 0 N–H and O–H groups in total. The van der Waals surface area contributed by atoms with Crippen LogP contribution in [0.4, 0.5) is 4.79 Å². The molecule has 2 aliphatic rings. The molecule has 1 aromatic carbocycles. The lowest BCUT2D eigenvalue weighted by atomic mass is 9.86. The highest BCUT2D eigenvalue weighted by atomic mass is 16.7. The van der Waals surface area contributed by atoms with Crippen LogP contribution in [0.15, 0.2) is 42.0 Å². The van der Waals surface area contributed by atoms with E-state index < -0.39 is 24.1 Å². The van der Waals surface area contributed by atoms with Gasteiger partial charge >= 0.3 is 6.09 Å². The Morgan fingerprint density at radius 1 is 1.00 bits per heavy atom. The summed E-state index contributed by atoms with van der Waals surface area (Å²) in [5.74, 6) is 0. The first kappa shape index (κ1) is 28.6. The summed E-state index contributed by atoms with van der Waals surface area (Å²) in [6, 6.07) is 9.54. The first-order chi connectivity index (χ1) is 17.3. The fourth-order valence-corrected chi connectivity index (χ4v) is 4.95. The van der Waals surface area contributed by atoms with E-state index >= 15 is 0 Å². The normalized spacial score (nSPS) is 26.2. The van der Waals surface area contributed by atoms with Crippen molar-refractivity contribution in [3.05, 3.63) is 47.5 Å². The van der Waals surface area contributed by atoms with Crippen LogP contribution in [0, 0.1) is 0 Å². The molecule has 1 saturated heterocycles. The number of rotatable bonds is 11. The molecule has 3 rings (SSSR count). The van der Waals surface area contributed by atoms with Crippen molar-refractivity contribution >= 4 is 6.09 Å². The van der Waals surface area contributed by atoms with Gasteiger partial charge in [0.05, 0.1) is 12.6 Å². The van der Waals surface area contributed by atoms with Crippen molar-refractivity contribution in [2.24, 2.45) is 0 Å². The smallest absolute Gasteiger partial charge is 0.410 e. The van der Waals surface area contributed by atoms with Crippen LogP contribution in [-0.2, 0) is 23.7 Å². The Labute approximate surface area is 217 Å². The van der Waals surface area contributed by atoms with E-state index in [0.29, 0.717) is 13.2 Å². The monoisotopic (exact) mass is 503 g/mol. The Bertz CT molecular complexity index is 836. The molecule has 1 heterocycles. The molecule has 3 unspecified atom stereocenters. The Kier molecular flexibility index (Phi) is 10.8. The minimum atomic E-state index is -0.593. The number of ether oxygens (including phenoxy) is 5. The predicted octanol–water partition coefficient (Wildman–Crippen LogP) is 6.04. The highest BCUT2D eigenvalue weighted by Crippen LogP contribution is 2.37. The Hall–Kier alpha value is -1.93. The van der Waals surface area contributed by atoms with E-state index in [9.17, 15) is 4.79 Å². The first-order valence-corrected chi connectivity index (χ1v) is 13.4. The molecule has 1 amide bonds. The van der Waals surface area contributed by atoms with Gasteiger partial charge in [-0.3, -0.25) is 4.90 Å². The van der Waals surface area contributed by atoms with Crippen LogP contribution in [0.2, 0.25) is 0 Å². The maximum absolute atomic E-state index is 13.4. The highest BCUT2D eigenvalue weighted by molar-refractivity contribution is 5.69. The third kappa shape index (κ3) is 7.54. The molecule has 1 aromatic rings. The van der Waals surface area contributed by atoms with Crippen LogP contribution in [0.3, 0.4) is 0 Å². The summed E-state index contributed by atoms with van der Waals surface area (Å²) in [4.78, 5) is 15.2. The number of carbonyl (C=O) groups excluding carboxylic acids is 1. The molecule has 36 heavy (non-hydrogen) atoms. The summed E-state index contributed by atoms with van der Waals surface area (Å²) in [6.45, 7) is 8.87. The number of fused-ring (bicyclic) bond motifs is 1. The van der Waals surface area contributed by atoms with Crippen LogP contribution in [0.25, 0.3) is 0 Å². The van der Waals surface area contributed by atoms with Gasteiger partial charge in [0.15, 0.2) is 6.29 Å². The highest BCUT2D eigenvalue weighted by Gasteiger charge is 2.48. The largest absolute Gasteiger partial charge is 0.444 e. The molecule has 0 radical (unpaired) electrons. The molecule has 0 bridgehead atoms. The third-order valence-corrected chi connectivity index (χ3v) is 6.74. The van der Waals surface area contributed by atoms with Crippen molar-refractivity contribution in [1.29, 1.82) is 0 Å². The SMILES string of the molecule is CCCCCCCCN(C(=O)OC(C)(C)C)[C@@H]1C=C2COC(c3ccccc3)O[C@@H]2C(OC)C1OC. The van der Waals surface area contributed by atoms with Crippen molar-refractivity contribution in [3.8, 4) is 0 Å². The zero-order valence-corrected chi connectivity index (χ0v) is 22.9. The summed E-state index contributed by atoms with van der Waals surface area (Å²) in [6.07, 6.45) is 6.93. The van der Waals surface area contributed by atoms with Gasteiger partial charge in [-0.2, -0.15) is 0 Å². The lowest BCUT2D eigenvalue weighted by Gasteiger charge is -2.47. The second-order valence-electron chi connectivity index (χ2n) is 10.7. The van der Waals surface area contributed by atoms with Crippen LogP contribution in [0.5, 0.6) is 0 Å². The molecule has 1 aliphatic heterocycles. The predicted molar refractivity (Wildman–Crippen MR) is 140 cm³/mol. The van der Waals surface area contributed by atoms with Crippen LogP contribution in [-0.4, -0.2) is 68.3 Å². The van der Waals surface area contributed by atoms with Gasteiger partial charge in [-0.25, -0.2) is 4.79 Å².